The summed E-state index contributed by atoms with van der Waals surface area (Å²) in [7, 11) is 0. The van der Waals surface area contributed by atoms with Crippen molar-refractivity contribution < 1.29 is 9.90 Å². The van der Waals surface area contributed by atoms with E-state index in [4.69, 9.17) is 5.11 Å². The van der Waals surface area contributed by atoms with Crippen molar-refractivity contribution in [2.75, 3.05) is 0 Å². The highest BCUT2D eigenvalue weighted by Crippen LogP contribution is 2.14. The van der Waals surface area contributed by atoms with Crippen LogP contribution < -0.4 is 0 Å². The largest absolute Gasteiger partial charge is 0.481 e. The first-order valence-electron chi connectivity index (χ1n) is 5.42. The molecule has 0 aliphatic rings. The molecule has 14 heavy (non-hydrogen) atoms. The van der Waals surface area contributed by atoms with Crippen LogP contribution in [0.1, 0.15) is 52.4 Å². The maximum Gasteiger partial charge on any atom is 0.304 e. The molecule has 0 spiro atoms. The third-order valence-electron chi connectivity index (χ3n) is 2.23. The lowest BCUT2D eigenvalue weighted by Gasteiger charge is -2.08. The van der Waals surface area contributed by atoms with E-state index in [-0.39, 0.29) is 11.7 Å². The second kappa shape index (κ2) is 8.16. The van der Waals surface area contributed by atoms with Gasteiger partial charge in [-0.05, 0) is 12.3 Å². The Morgan fingerprint density at radius 3 is 2.29 bits per heavy atom. The molecule has 0 aromatic heterocycles. The van der Waals surface area contributed by atoms with Crippen LogP contribution in [0.25, 0.3) is 0 Å². The van der Waals surface area contributed by atoms with E-state index in [0.29, 0.717) is 0 Å². The minimum atomic E-state index is -0.743. The van der Waals surface area contributed by atoms with E-state index >= 15 is 0 Å². The minimum absolute atomic E-state index is 0.0338. The van der Waals surface area contributed by atoms with Crippen molar-refractivity contribution in [3.8, 4) is 0 Å². The molecule has 0 heterocycles. The molecular formula is C11H22O2S. The van der Waals surface area contributed by atoms with Crippen LogP contribution in [0.3, 0.4) is 0 Å². The zero-order valence-corrected chi connectivity index (χ0v) is 10.1. The lowest BCUT2D eigenvalue weighted by Crippen LogP contribution is -2.06. The van der Waals surface area contributed by atoms with E-state index in [1.54, 1.807) is 0 Å². The number of rotatable bonds is 8. The zero-order valence-electron chi connectivity index (χ0n) is 9.20. The van der Waals surface area contributed by atoms with Gasteiger partial charge in [-0.15, -0.1) is 0 Å². The molecule has 0 saturated carbocycles. The molecule has 0 aromatic carbocycles. The van der Waals surface area contributed by atoms with Gasteiger partial charge in [0.25, 0.3) is 0 Å². The molecule has 1 N–H and O–H groups in total. The van der Waals surface area contributed by atoms with Gasteiger partial charge in [0.2, 0.25) is 0 Å². The molecule has 0 radical (unpaired) electrons. The summed E-state index contributed by atoms with van der Waals surface area (Å²) in [6.07, 6.45) is 5.95. The third kappa shape index (κ3) is 9.90. The number of hydrogen-bond acceptors (Lipinski definition) is 2. The van der Waals surface area contributed by atoms with Crippen LogP contribution in [0.15, 0.2) is 0 Å². The van der Waals surface area contributed by atoms with Gasteiger partial charge in [-0.25, -0.2) is 0 Å². The monoisotopic (exact) mass is 218 g/mol. The van der Waals surface area contributed by atoms with E-state index in [0.717, 1.165) is 18.8 Å². The third-order valence-corrected chi connectivity index (χ3v) is 2.67. The molecule has 84 valence electrons. The van der Waals surface area contributed by atoms with Gasteiger partial charge in [0.15, 0.2) is 0 Å². The van der Waals surface area contributed by atoms with Gasteiger partial charge in [0.05, 0.1) is 6.42 Å². The molecule has 1 unspecified atom stereocenters. The SMILES string of the molecule is CC(C)CCCCCC(S)CC(=O)O. The van der Waals surface area contributed by atoms with E-state index in [1.807, 2.05) is 0 Å². The van der Waals surface area contributed by atoms with Crippen LogP contribution in [-0.2, 0) is 4.79 Å². The lowest BCUT2D eigenvalue weighted by atomic mass is 10.0. The Morgan fingerprint density at radius 2 is 1.79 bits per heavy atom. The van der Waals surface area contributed by atoms with Crippen LogP contribution in [-0.4, -0.2) is 16.3 Å². The van der Waals surface area contributed by atoms with Gasteiger partial charge >= 0.3 is 5.97 Å². The van der Waals surface area contributed by atoms with Crippen LogP contribution in [0.2, 0.25) is 0 Å². The van der Waals surface area contributed by atoms with E-state index in [9.17, 15) is 4.79 Å². The molecule has 0 aliphatic heterocycles. The summed E-state index contributed by atoms with van der Waals surface area (Å²) in [5.74, 6) is 0.0352. The van der Waals surface area contributed by atoms with Crippen LogP contribution >= 0.6 is 12.6 Å². The smallest absolute Gasteiger partial charge is 0.304 e. The normalized spacial score (nSPS) is 13.1. The fourth-order valence-corrected chi connectivity index (χ4v) is 1.75. The first-order valence-corrected chi connectivity index (χ1v) is 5.94. The Balaban J connectivity index is 3.23. The summed E-state index contributed by atoms with van der Waals surface area (Å²) in [6, 6.07) is 0. The molecule has 0 fully saturated rings. The highest BCUT2D eigenvalue weighted by molar-refractivity contribution is 7.81. The summed E-state index contributed by atoms with van der Waals surface area (Å²) in [6.45, 7) is 4.46. The van der Waals surface area contributed by atoms with E-state index in [1.165, 1.54) is 19.3 Å². The Hall–Kier alpha value is -0.180. The average molecular weight is 218 g/mol. The maximum atomic E-state index is 10.3. The minimum Gasteiger partial charge on any atom is -0.481 e. The molecule has 0 saturated heterocycles. The molecule has 1 atom stereocenters. The maximum absolute atomic E-state index is 10.3. The topological polar surface area (TPSA) is 37.3 Å². The van der Waals surface area contributed by atoms with Crippen LogP contribution in [0.5, 0.6) is 0 Å². The number of hydrogen-bond donors (Lipinski definition) is 2. The number of carbonyl (C=O) groups is 1. The van der Waals surface area contributed by atoms with Gasteiger partial charge in [0.1, 0.15) is 0 Å². The molecule has 0 rings (SSSR count). The summed E-state index contributed by atoms with van der Waals surface area (Å²) in [5.41, 5.74) is 0. The second-order valence-corrected chi connectivity index (χ2v) is 5.01. The number of aliphatic carboxylic acids is 1. The average Bonchev–Trinajstić information content (AvgIpc) is 2.01. The number of thiol groups is 1. The van der Waals surface area contributed by atoms with Crippen molar-refractivity contribution in [2.45, 2.75) is 57.6 Å². The van der Waals surface area contributed by atoms with Gasteiger partial charge in [-0.3, -0.25) is 4.79 Å². The van der Waals surface area contributed by atoms with E-state index < -0.39 is 5.97 Å². The fraction of sp³-hybridized carbons (Fsp3) is 0.909. The quantitative estimate of drug-likeness (QED) is 0.484. The molecule has 3 heteroatoms. The first-order chi connectivity index (χ1) is 6.52. The lowest BCUT2D eigenvalue weighted by molar-refractivity contribution is -0.136. The second-order valence-electron chi connectivity index (χ2n) is 4.28. The molecule has 0 aromatic rings. The number of unbranched alkanes of at least 4 members (excludes halogenated alkanes) is 2. The van der Waals surface area contributed by atoms with Crippen molar-refractivity contribution in [2.24, 2.45) is 5.92 Å². The Bertz CT molecular complexity index is 157. The predicted molar refractivity (Wildman–Crippen MR) is 62.9 cm³/mol. The van der Waals surface area contributed by atoms with Gasteiger partial charge < -0.3 is 5.11 Å². The zero-order chi connectivity index (χ0) is 11.0. The Labute approximate surface area is 92.5 Å². The van der Waals surface area contributed by atoms with Crippen molar-refractivity contribution >= 4 is 18.6 Å². The predicted octanol–water partition coefficient (Wildman–Crippen LogP) is 3.37. The standard InChI is InChI=1S/C11H22O2S/c1-9(2)6-4-3-5-7-10(14)8-11(12)13/h9-10,14H,3-8H2,1-2H3,(H,12,13). The number of carboxylic acids is 1. The van der Waals surface area contributed by atoms with E-state index in [2.05, 4.69) is 26.5 Å². The highest BCUT2D eigenvalue weighted by Gasteiger charge is 2.07. The van der Waals surface area contributed by atoms with Crippen molar-refractivity contribution in [1.82, 2.24) is 0 Å². The Kier molecular flexibility index (Phi) is 8.05. The van der Waals surface area contributed by atoms with Crippen LogP contribution in [0, 0.1) is 5.92 Å². The first kappa shape index (κ1) is 13.8. The molecular weight excluding hydrogens is 196 g/mol. The summed E-state index contributed by atoms with van der Waals surface area (Å²) >= 11 is 4.23. The van der Waals surface area contributed by atoms with Gasteiger partial charge in [-0.2, -0.15) is 12.6 Å². The highest BCUT2D eigenvalue weighted by atomic mass is 32.1. The molecule has 0 aliphatic carbocycles. The van der Waals surface area contributed by atoms with Crippen molar-refractivity contribution in [3.05, 3.63) is 0 Å². The molecule has 2 nitrogen and oxygen atoms in total. The van der Waals surface area contributed by atoms with Crippen molar-refractivity contribution in [1.29, 1.82) is 0 Å². The summed E-state index contributed by atoms with van der Waals surface area (Å²) < 4.78 is 0. The van der Waals surface area contributed by atoms with Gasteiger partial charge in [0, 0.05) is 5.25 Å². The summed E-state index contributed by atoms with van der Waals surface area (Å²) in [5, 5.41) is 8.54. The fourth-order valence-electron chi connectivity index (χ4n) is 1.41. The summed E-state index contributed by atoms with van der Waals surface area (Å²) in [4.78, 5) is 10.3. The number of carboxylic acid groups (broad SMARTS) is 1. The van der Waals surface area contributed by atoms with Gasteiger partial charge in [-0.1, -0.05) is 39.5 Å². The van der Waals surface area contributed by atoms with Crippen LogP contribution in [0.4, 0.5) is 0 Å². The van der Waals surface area contributed by atoms with Crippen molar-refractivity contribution in [3.63, 3.8) is 0 Å². The molecule has 0 amide bonds. The Morgan fingerprint density at radius 1 is 1.21 bits per heavy atom. The molecule has 0 bridgehead atoms.